The lowest BCUT2D eigenvalue weighted by atomic mass is 9.89. The monoisotopic (exact) mass is 228 g/mol. The number of nitrogens with one attached hydrogen (secondary N) is 1. The van der Waals surface area contributed by atoms with Gasteiger partial charge in [0, 0.05) is 32.1 Å². The summed E-state index contributed by atoms with van der Waals surface area (Å²) in [4.78, 5) is 13.5. The van der Waals surface area contributed by atoms with Gasteiger partial charge in [-0.3, -0.25) is 4.79 Å². The summed E-state index contributed by atoms with van der Waals surface area (Å²) in [5.74, 6) is 0.158. The van der Waals surface area contributed by atoms with E-state index in [1.54, 1.807) is 6.92 Å². The Morgan fingerprint density at radius 1 is 1.44 bits per heavy atom. The predicted molar refractivity (Wildman–Crippen MR) is 64.2 cm³/mol. The van der Waals surface area contributed by atoms with Crippen molar-refractivity contribution in [2.45, 2.75) is 51.6 Å². The number of nitrogens with zero attached hydrogens (tertiary/aromatic N) is 1. The molecule has 0 bridgehead atoms. The molecule has 0 aromatic heterocycles. The molecule has 4 nitrogen and oxygen atoms in total. The Balaban J connectivity index is 2.60. The Hall–Kier alpha value is -0.610. The molecule has 16 heavy (non-hydrogen) atoms. The van der Waals surface area contributed by atoms with Crippen molar-refractivity contribution in [1.29, 1.82) is 0 Å². The first-order valence-corrected chi connectivity index (χ1v) is 6.32. The number of likely N-dealkylation sites (N-methyl/N-ethyl adjacent to an activating group) is 1. The van der Waals surface area contributed by atoms with Crippen LogP contribution in [-0.2, 0) is 4.79 Å². The zero-order valence-electron chi connectivity index (χ0n) is 10.4. The van der Waals surface area contributed by atoms with Crippen LogP contribution < -0.4 is 5.32 Å². The average molecular weight is 228 g/mol. The molecule has 0 aliphatic heterocycles. The van der Waals surface area contributed by atoms with Crippen molar-refractivity contribution in [1.82, 2.24) is 10.2 Å². The summed E-state index contributed by atoms with van der Waals surface area (Å²) in [5, 5.41) is 12.2. The van der Waals surface area contributed by atoms with E-state index in [4.69, 9.17) is 5.11 Å². The molecule has 1 fully saturated rings. The standard InChI is InChI=1S/C12H24N2O2/c1-3-14(10(2)16)12-7-5-4-6-11(12)13-8-9-15/h11-13,15H,3-9H2,1-2H3/t11-,12+/m0/s1. The van der Waals surface area contributed by atoms with Crippen LogP contribution in [0.4, 0.5) is 0 Å². The molecule has 1 rings (SSSR count). The molecule has 1 saturated carbocycles. The van der Waals surface area contributed by atoms with Crippen LogP contribution in [0.1, 0.15) is 39.5 Å². The summed E-state index contributed by atoms with van der Waals surface area (Å²) in [6.45, 7) is 5.23. The van der Waals surface area contributed by atoms with Crippen LogP contribution >= 0.6 is 0 Å². The molecular weight excluding hydrogens is 204 g/mol. The number of aliphatic hydroxyl groups excluding tert-OH is 1. The van der Waals surface area contributed by atoms with Crippen LogP contribution in [0.3, 0.4) is 0 Å². The highest BCUT2D eigenvalue weighted by molar-refractivity contribution is 5.73. The lowest BCUT2D eigenvalue weighted by Gasteiger charge is -2.39. The van der Waals surface area contributed by atoms with Crippen molar-refractivity contribution in [2.24, 2.45) is 0 Å². The number of rotatable bonds is 5. The summed E-state index contributed by atoms with van der Waals surface area (Å²) in [6.07, 6.45) is 4.60. The Labute approximate surface area is 98.0 Å². The highest BCUT2D eigenvalue weighted by Gasteiger charge is 2.30. The van der Waals surface area contributed by atoms with E-state index >= 15 is 0 Å². The maximum absolute atomic E-state index is 11.5. The molecule has 94 valence electrons. The maximum atomic E-state index is 11.5. The zero-order chi connectivity index (χ0) is 12.0. The van der Waals surface area contributed by atoms with Crippen LogP contribution in [0.25, 0.3) is 0 Å². The molecule has 0 aromatic rings. The van der Waals surface area contributed by atoms with E-state index in [1.165, 1.54) is 12.8 Å². The normalized spacial score (nSPS) is 25.4. The smallest absolute Gasteiger partial charge is 0.219 e. The van der Waals surface area contributed by atoms with Crippen molar-refractivity contribution in [3.63, 3.8) is 0 Å². The molecule has 2 N–H and O–H groups in total. The number of carbonyl (C=O) groups excluding carboxylic acids is 1. The fraction of sp³-hybridized carbons (Fsp3) is 0.917. The number of aliphatic hydroxyl groups is 1. The predicted octanol–water partition coefficient (Wildman–Crippen LogP) is 0.748. The first kappa shape index (κ1) is 13.5. The van der Waals surface area contributed by atoms with E-state index < -0.39 is 0 Å². The van der Waals surface area contributed by atoms with Crippen LogP contribution in [0, 0.1) is 0 Å². The first-order chi connectivity index (χ1) is 7.70. The summed E-state index contributed by atoms with van der Waals surface area (Å²) < 4.78 is 0. The van der Waals surface area contributed by atoms with Crippen LogP contribution in [-0.4, -0.2) is 47.7 Å². The number of carbonyl (C=O) groups is 1. The molecule has 0 saturated heterocycles. The lowest BCUT2D eigenvalue weighted by molar-refractivity contribution is -0.132. The van der Waals surface area contributed by atoms with E-state index in [0.29, 0.717) is 18.6 Å². The lowest BCUT2D eigenvalue weighted by Crippen LogP contribution is -2.53. The Morgan fingerprint density at radius 2 is 2.12 bits per heavy atom. The van der Waals surface area contributed by atoms with Gasteiger partial charge in [-0.15, -0.1) is 0 Å². The van der Waals surface area contributed by atoms with Crippen molar-refractivity contribution < 1.29 is 9.90 Å². The number of amides is 1. The van der Waals surface area contributed by atoms with Gasteiger partial charge in [0.25, 0.3) is 0 Å². The minimum absolute atomic E-state index is 0.158. The minimum Gasteiger partial charge on any atom is -0.395 e. The van der Waals surface area contributed by atoms with Gasteiger partial charge >= 0.3 is 0 Å². The largest absolute Gasteiger partial charge is 0.395 e. The molecule has 0 heterocycles. The average Bonchev–Trinajstić information content (AvgIpc) is 2.28. The highest BCUT2D eigenvalue weighted by atomic mass is 16.3. The number of hydrogen-bond donors (Lipinski definition) is 2. The summed E-state index contributed by atoms with van der Waals surface area (Å²) >= 11 is 0. The fourth-order valence-corrected chi connectivity index (χ4v) is 2.66. The van der Waals surface area contributed by atoms with Crippen LogP contribution in [0.5, 0.6) is 0 Å². The summed E-state index contributed by atoms with van der Waals surface area (Å²) in [5.41, 5.74) is 0. The quantitative estimate of drug-likeness (QED) is 0.730. The molecule has 1 aliphatic carbocycles. The van der Waals surface area contributed by atoms with Gasteiger partial charge in [-0.2, -0.15) is 0 Å². The van der Waals surface area contributed by atoms with Gasteiger partial charge in [-0.25, -0.2) is 0 Å². The van der Waals surface area contributed by atoms with Gasteiger partial charge in [0.1, 0.15) is 0 Å². The molecule has 0 aromatic carbocycles. The molecule has 0 unspecified atom stereocenters. The molecule has 0 spiro atoms. The second-order valence-electron chi connectivity index (χ2n) is 4.44. The molecule has 2 atom stereocenters. The molecule has 0 radical (unpaired) electrons. The summed E-state index contributed by atoms with van der Waals surface area (Å²) in [6, 6.07) is 0.660. The molecule has 1 amide bonds. The molecule has 1 aliphatic rings. The maximum Gasteiger partial charge on any atom is 0.219 e. The Kier molecular flexibility index (Phi) is 5.77. The van der Waals surface area contributed by atoms with E-state index in [9.17, 15) is 4.79 Å². The van der Waals surface area contributed by atoms with E-state index in [2.05, 4.69) is 5.32 Å². The van der Waals surface area contributed by atoms with Crippen molar-refractivity contribution in [2.75, 3.05) is 19.7 Å². The Morgan fingerprint density at radius 3 is 2.69 bits per heavy atom. The van der Waals surface area contributed by atoms with E-state index in [-0.39, 0.29) is 12.5 Å². The van der Waals surface area contributed by atoms with Crippen molar-refractivity contribution in [3.8, 4) is 0 Å². The van der Waals surface area contributed by atoms with Gasteiger partial charge < -0.3 is 15.3 Å². The van der Waals surface area contributed by atoms with Crippen molar-refractivity contribution in [3.05, 3.63) is 0 Å². The first-order valence-electron chi connectivity index (χ1n) is 6.32. The SMILES string of the molecule is CCN(C(C)=O)[C@@H]1CCCC[C@@H]1NCCO. The zero-order valence-corrected chi connectivity index (χ0v) is 10.4. The van der Waals surface area contributed by atoms with E-state index in [0.717, 1.165) is 19.4 Å². The van der Waals surface area contributed by atoms with Gasteiger partial charge in [0.05, 0.1) is 6.61 Å². The van der Waals surface area contributed by atoms with Crippen molar-refractivity contribution >= 4 is 5.91 Å². The van der Waals surface area contributed by atoms with Gasteiger partial charge in [-0.05, 0) is 19.8 Å². The second kappa shape index (κ2) is 6.86. The third-order valence-electron chi connectivity index (χ3n) is 3.39. The van der Waals surface area contributed by atoms with Crippen LogP contribution in [0.15, 0.2) is 0 Å². The third kappa shape index (κ3) is 3.46. The van der Waals surface area contributed by atoms with Crippen LogP contribution in [0.2, 0.25) is 0 Å². The second-order valence-corrected chi connectivity index (χ2v) is 4.44. The number of hydrogen-bond acceptors (Lipinski definition) is 3. The van der Waals surface area contributed by atoms with Gasteiger partial charge in [-0.1, -0.05) is 12.8 Å². The molecular formula is C12H24N2O2. The third-order valence-corrected chi connectivity index (χ3v) is 3.39. The molecule has 4 heteroatoms. The topological polar surface area (TPSA) is 52.6 Å². The Bertz CT molecular complexity index is 221. The fourth-order valence-electron chi connectivity index (χ4n) is 2.66. The highest BCUT2D eigenvalue weighted by Crippen LogP contribution is 2.23. The van der Waals surface area contributed by atoms with E-state index in [1.807, 2.05) is 11.8 Å². The van der Waals surface area contributed by atoms with Gasteiger partial charge in [0.2, 0.25) is 5.91 Å². The summed E-state index contributed by atoms with van der Waals surface area (Å²) in [7, 11) is 0. The van der Waals surface area contributed by atoms with Gasteiger partial charge in [0.15, 0.2) is 0 Å². The minimum atomic E-state index is 0.158.